The number of nitrogens with one attached hydrogen (secondary N) is 2. The van der Waals surface area contributed by atoms with Crippen LogP contribution >= 0.6 is 0 Å². The number of amides is 1. The van der Waals surface area contributed by atoms with Crippen LogP contribution in [0, 0.1) is 11.8 Å². The van der Waals surface area contributed by atoms with Gasteiger partial charge in [0.05, 0.1) is 11.4 Å². The Bertz CT molecular complexity index is 1590. The number of aliphatic hydroxyl groups is 1. The average Bonchev–Trinajstić information content (AvgIpc) is 3.18. The Morgan fingerprint density at radius 2 is 2.00 bits per heavy atom. The zero-order valence-corrected chi connectivity index (χ0v) is 20.7. The van der Waals surface area contributed by atoms with Gasteiger partial charge < -0.3 is 21.5 Å². The van der Waals surface area contributed by atoms with Crippen LogP contribution in [0.15, 0.2) is 72.0 Å². The maximum absolute atomic E-state index is 13.9. The third kappa shape index (κ3) is 4.96. The fourth-order valence-electron chi connectivity index (χ4n) is 4.27. The number of anilines is 2. The molecule has 188 valence electrons. The van der Waals surface area contributed by atoms with Gasteiger partial charge in [-0.15, -0.1) is 6.58 Å². The fourth-order valence-corrected chi connectivity index (χ4v) is 4.27. The summed E-state index contributed by atoms with van der Waals surface area (Å²) in [6, 6.07) is 15.8. The maximum atomic E-state index is 13.9. The molecule has 2 heterocycles. The Kier molecular flexibility index (Phi) is 7.41. The molecule has 0 saturated heterocycles. The van der Waals surface area contributed by atoms with Crippen molar-refractivity contribution >= 4 is 28.3 Å². The number of nitrogen functional groups attached to an aromatic ring is 1. The second-order valence-electron chi connectivity index (χ2n) is 8.37. The summed E-state index contributed by atoms with van der Waals surface area (Å²) < 4.78 is 3.07. The summed E-state index contributed by atoms with van der Waals surface area (Å²) in [5.74, 6) is 5.61. The Morgan fingerprint density at radius 1 is 1.24 bits per heavy atom. The number of aryl methyl sites for hydroxylation is 1. The van der Waals surface area contributed by atoms with E-state index in [1.807, 2.05) is 42.5 Å². The number of aliphatic hydroxyl groups excluding tert-OH is 1. The summed E-state index contributed by atoms with van der Waals surface area (Å²) in [4.78, 5) is 27.3. The summed E-state index contributed by atoms with van der Waals surface area (Å²) in [6.07, 6.45) is 1.67. The van der Waals surface area contributed by atoms with Crippen LogP contribution in [0.4, 0.5) is 11.6 Å². The quantitative estimate of drug-likeness (QED) is 0.230. The lowest BCUT2D eigenvalue weighted by Crippen LogP contribution is -2.32. The first kappa shape index (κ1) is 25.3. The smallest absolute Gasteiger partial charge is 0.264 e. The molecule has 9 nitrogen and oxygen atoms in total. The van der Waals surface area contributed by atoms with Gasteiger partial charge >= 0.3 is 0 Å². The van der Waals surface area contributed by atoms with Crippen molar-refractivity contribution < 1.29 is 9.90 Å². The number of rotatable bonds is 7. The first-order valence-electron chi connectivity index (χ1n) is 11.7. The van der Waals surface area contributed by atoms with Gasteiger partial charge in [0.2, 0.25) is 0 Å². The van der Waals surface area contributed by atoms with E-state index < -0.39 is 11.9 Å². The van der Waals surface area contributed by atoms with E-state index in [1.54, 1.807) is 36.7 Å². The van der Waals surface area contributed by atoms with Crippen LogP contribution in [0.5, 0.6) is 0 Å². The Hall–Kier alpha value is -4.81. The molecule has 0 aliphatic heterocycles. The van der Waals surface area contributed by atoms with E-state index in [2.05, 4.69) is 34.2 Å². The van der Waals surface area contributed by atoms with E-state index in [4.69, 9.17) is 10.8 Å². The molecular formula is C28H28N6O3. The lowest BCUT2D eigenvalue weighted by atomic mass is 10.0. The van der Waals surface area contributed by atoms with Crippen molar-refractivity contribution in [1.82, 2.24) is 19.7 Å². The van der Waals surface area contributed by atoms with E-state index in [0.29, 0.717) is 40.1 Å². The molecule has 4 aromatic rings. The Labute approximate surface area is 214 Å². The molecule has 0 spiro atoms. The average molecular weight is 497 g/mol. The predicted molar refractivity (Wildman–Crippen MR) is 146 cm³/mol. The highest BCUT2D eigenvalue weighted by Crippen LogP contribution is 2.25. The SMILES string of the molecule is C=CCNc1c(C(=O)NC(C)c2cc3cccc(C#CCO)c3c(=O)n2-c2ccccc2)c(N)nn1C. The molecule has 2 aromatic carbocycles. The second-order valence-corrected chi connectivity index (χ2v) is 8.37. The van der Waals surface area contributed by atoms with Gasteiger partial charge in [0.25, 0.3) is 11.5 Å². The molecule has 0 aliphatic rings. The van der Waals surface area contributed by atoms with E-state index in [-0.39, 0.29) is 23.5 Å². The van der Waals surface area contributed by atoms with E-state index in [0.717, 1.165) is 0 Å². The molecule has 0 bridgehead atoms. The number of para-hydroxylation sites is 1. The molecule has 0 radical (unpaired) electrons. The van der Waals surface area contributed by atoms with Crippen molar-refractivity contribution in [2.45, 2.75) is 13.0 Å². The lowest BCUT2D eigenvalue weighted by molar-refractivity contribution is 0.0940. The summed E-state index contributed by atoms with van der Waals surface area (Å²) in [6.45, 7) is 5.61. The lowest BCUT2D eigenvalue weighted by Gasteiger charge is -2.21. The molecule has 0 saturated carbocycles. The highest BCUT2D eigenvalue weighted by atomic mass is 16.2. The molecular weight excluding hydrogens is 468 g/mol. The van der Waals surface area contributed by atoms with Crippen LogP contribution in [-0.4, -0.2) is 38.5 Å². The number of hydrogen-bond donors (Lipinski definition) is 4. The fraction of sp³-hybridized carbons (Fsp3) is 0.179. The minimum atomic E-state index is -0.580. The highest BCUT2D eigenvalue weighted by Gasteiger charge is 2.25. The standard InChI is InChI=1S/C28H28N6O3/c1-4-15-30-26-24(25(29)32-33(26)3)27(36)31-18(2)22-17-20-11-8-10-19(12-9-16-35)23(20)28(37)34(22)21-13-6-5-7-14-21/h4-8,10-11,13-14,17-18,30,35H,1,15-16H2,2-3H3,(H2,29,32)(H,31,36). The molecule has 1 atom stereocenters. The zero-order valence-electron chi connectivity index (χ0n) is 20.7. The molecule has 4 rings (SSSR count). The van der Waals surface area contributed by atoms with Gasteiger partial charge in [-0.25, -0.2) is 0 Å². The molecule has 0 aliphatic carbocycles. The molecule has 1 amide bonds. The van der Waals surface area contributed by atoms with Gasteiger partial charge in [-0.05, 0) is 36.6 Å². The number of carbonyl (C=O) groups is 1. The molecule has 37 heavy (non-hydrogen) atoms. The Balaban J connectivity index is 1.84. The number of nitrogens with two attached hydrogens (primary N) is 1. The summed E-state index contributed by atoms with van der Waals surface area (Å²) in [5.41, 5.74) is 7.73. The second kappa shape index (κ2) is 10.8. The molecule has 0 fully saturated rings. The van der Waals surface area contributed by atoms with Crippen molar-refractivity contribution in [2.24, 2.45) is 7.05 Å². The first-order valence-corrected chi connectivity index (χ1v) is 11.7. The number of aromatic nitrogens is 3. The number of benzene rings is 2. The maximum Gasteiger partial charge on any atom is 0.264 e. The van der Waals surface area contributed by atoms with Crippen molar-refractivity contribution in [2.75, 3.05) is 24.2 Å². The summed E-state index contributed by atoms with van der Waals surface area (Å²) >= 11 is 0. The van der Waals surface area contributed by atoms with E-state index in [9.17, 15) is 9.59 Å². The van der Waals surface area contributed by atoms with Gasteiger partial charge in [-0.3, -0.25) is 18.8 Å². The van der Waals surface area contributed by atoms with Gasteiger partial charge in [0.1, 0.15) is 18.0 Å². The van der Waals surface area contributed by atoms with Crippen molar-refractivity contribution in [3.05, 3.63) is 94.4 Å². The van der Waals surface area contributed by atoms with Crippen LogP contribution < -0.4 is 21.9 Å². The van der Waals surface area contributed by atoms with Gasteiger partial charge in [0, 0.05) is 30.5 Å². The normalized spacial score (nSPS) is 11.4. The Morgan fingerprint density at radius 3 is 2.70 bits per heavy atom. The molecule has 5 N–H and O–H groups in total. The topological polar surface area (TPSA) is 127 Å². The number of carbonyl (C=O) groups excluding carboxylic acids is 1. The molecule has 1 unspecified atom stereocenters. The first-order chi connectivity index (χ1) is 17.9. The number of nitrogens with zero attached hydrogens (tertiary/aromatic N) is 3. The van der Waals surface area contributed by atoms with Crippen molar-refractivity contribution in [1.29, 1.82) is 0 Å². The minimum Gasteiger partial charge on any atom is -0.384 e. The van der Waals surface area contributed by atoms with Crippen LogP contribution in [0.1, 0.15) is 34.6 Å². The van der Waals surface area contributed by atoms with Gasteiger partial charge in [-0.1, -0.05) is 48.2 Å². The van der Waals surface area contributed by atoms with Gasteiger partial charge in [-0.2, -0.15) is 5.10 Å². The zero-order chi connectivity index (χ0) is 26.5. The largest absolute Gasteiger partial charge is 0.384 e. The third-order valence-electron chi connectivity index (χ3n) is 5.90. The number of fused-ring (bicyclic) bond motifs is 1. The van der Waals surface area contributed by atoms with Crippen molar-refractivity contribution in [3.8, 4) is 17.5 Å². The number of hydrogen-bond acceptors (Lipinski definition) is 6. The summed E-state index contributed by atoms with van der Waals surface area (Å²) in [7, 11) is 1.69. The molecule has 9 heteroatoms. The highest BCUT2D eigenvalue weighted by molar-refractivity contribution is 6.03. The van der Waals surface area contributed by atoms with Crippen LogP contribution in [0.25, 0.3) is 16.5 Å². The van der Waals surface area contributed by atoms with Crippen molar-refractivity contribution in [3.63, 3.8) is 0 Å². The van der Waals surface area contributed by atoms with Gasteiger partial charge in [0.15, 0.2) is 5.82 Å². The minimum absolute atomic E-state index is 0.0878. The van der Waals surface area contributed by atoms with E-state index >= 15 is 0 Å². The van der Waals surface area contributed by atoms with Crippen LogP contribution in [0.3, 0.4) is 0 Å². The molecule has 2 aromatic heterocycles. The van der Waals surface area contributed by atoms with E-state index in [1.165, 1.54) is 4.68 Å². The third-order valence-corrected chi connectivity index (χ3v) is 5.90. The van der Waals surface area contributed by atoms with Crippen LogP contribution in [-0.2, 0) is 7.05 Å². The number of pyridine rings is 1. The predicted octanol–water partition coefficient (Wildman–Crippen LogP) is 2.74. The monoisotopic (exact) mass is 496 g/mol. The summed E-state index contributed by atoms with van der Waals surface area (Å²) in [5, 5.41) is 20.5. The van der Waals surface area contributed by atoms with Crippen LogP contribution in [0.2, 0.25) is 0 Å².